The van der Waals surface area contributed by atoms with Crippen molar-refractivity contribution in [2.45, 2.75) is 70.6 Å². The number of fused-ring (bicyclic) bond motifs is 1. The third-order valence-corrected chi connectivity index (χ3v) is 4.78. The summed E-state index contributed by atoms with van der Waals surface area (Å²) in [5, 5.41) is 2.81. The Labute approximate surface area is 142 Å². The average molecular weight is 312 g/mol. The summed E-state index contributed by atoms with van der Waals surface area (Å²) < 4.78 is 0. The van der Waals surface area contributed by atoms with E-state index < -0.39 is 0 Å². The van der Waals surface area contributed by atoms with E-state index >= 15 is 0 Å². The van der Waals surface area contributed by atoms with Crippen molar-refractivity contribution in [2.75, 3.05) is 6.54 Å². The summed E-state index contributed by atoms with van der Waals surface area (Å²) in [4.78, 5) is 0. The van der Waals surface area contributed by atoms with Gasteiger partial charge in [0.2, 0.25) is 0 Å². The van der Waals surface area contributed by atoms with Gasteiger partial charge in [-0.15, -0.1) is 0 Å². The number of benzene rings is 2. The highest BCUT2D eigenvalue weighted by Gasteiger charge is 2.00. The minimum Gasteiger partial charge on any atom is -0.330 e. The van der Waals surface area contributed by atoms with Crippen LogP contribution >= 0.6 is 0 Å². The second-order valence-electron chi connectivity index (χ2n) is 6.71. The quantitative estimate of drug-likeness (QED) is 0.461. The van der Waals surface area contributed by atoms with E-state index in [1.165, 1.54) is 87.0 Å². The van der Waals surface area contributed by atoms with Crippen molar-refractivity contribution in [2.24, 2.45) is 5.73 Å². The van der Waals surface area contributed by atoms with Gasteiger partial charge < -0.3 is 5.73 Å². The van der Waals surface area contributed by atoms with Gasteiger partial charge in [0.1, 0.15) is 0 Å². The molecule has 1 nitrogen and oxygen atoms in total. The molecule has 23 heavy (non-hydrogen) atoms. The summed E-state index contributed by atoms with van der Waals surface area (Å²) >= 11 is 0. The highest BCUT2D eigenvalue weighted by molar-refractivity contribution is 5.85. The average Bonchev–Trinajstić information content (AvgIpc) is 2.60. The zero-order valence-corrected chi connectivity index (χ0v) is 14.6. The van der Waals surface area contributed by atoms with Gasteiger partial charge in [-0.25, -0.2) is 0 Å². The number of nitrogens with two attached hydrogens (primary N) is 1. The molecule has 126 valence electrons. The van der Waals surface area contributed by atoms with Crippen LogP contribution in [0.5, 0.6) is 0 Å². The Bertz CT molecular complexity index is 541. The van der Waals surface area contributed by atoms with Crippen molar-refractivity contribution >= 4 is 10.8 Å². The van der Waals surface area contributed by atoms with Gasteiger partial charge in [-0.1, -0.05) is 93.8 Å². The van der Waals surface area contributed by atoms with Crippen molar-refractivity contribution in [3.05, 3.63) is 48.0 Å². The van der Waals surface area contributed by atoms with Crippen LogP contribution in [0.15, 0.2) is 42.5 Å². The van der Waals surface area contributed by atoms with Gasteiger partial charge in [-0.2, -0.15) is 0 Å². The molecule has 2 aromatic rings. The molecule has 2 aromatic carbocycles. The van der Waals surface area contributed by atoms with Gasteiger partial charge >= 0.3 is 0 Å². The minimum absolute atomic E-state index is 0.858. The Hall–Kier alpha value is -1.34. The van der Waals surface area contributed by atoms with Crippen LogP contribution in [0, 0.1) is 0 Å². The van der Waals surface area contributed by atoms with E-state index in [-0.39, 0.29) is 0 Å². The molecule has 0 fully saturated rings. The molecule has 0 aliphatic carbocycles. The van der Waals surface area contributed by atoms with Crippen molar-refractivity contribution < 1.29 is 0 Å². The molecule has 0 saturated heterocycles. The first-order chi connectivity index (χ1) is 11.4. The molecule has 0 aromatic heterocycles. The zero-order valence-electron chi connectivity index (χ0n) is 14.6. The van der Waals surface area contributed by atoms with Crippen LogP contribution in [-0.4, -0.2) is 6.54 Å². The van der Waals surface area contributed by atoms with E-state index in [1.54, 1.807) is 0 Å². The molecule has 0 aliphatic rings. The molecule has 1 heteroatoms. The number of unbranched alkanes of at least 4 members (excludes halogenated alkanes) is 9. The van der Waals surface area contributed by atoms with E-state index in [9.17, 15) is 0 Å². The highest BCUT2D eigenvalue weighted by atomic mass is 14.5. The molecule has 0 bridgehead atoms. The molecular formula is C22H33N. The largest absolute Gasteiger partial charge is 0.330 e. The molecule has 0 radical (unpaired) electrons. The number of rotatable bonds is 12. The second kappa shape index (κ2) is 11.2. The van der Waals surface area contributed by atoms with E-state index in [0.29, 0.717) is 0 Å². The van der Waals surface area contributed by atoms with Gasteiger partial charge in [0.25, 0.3) is 0 Å². The van der Waals surface area contributed by atoms with Crippen molar-refractivity contribution in [1.82, 2.24) is 0 Å². The highest BCUT2D eigenvalue weighted by Crippen LogP contribution is 2.20. The standard InChI is InChI=1S/C22H33N/c23-19-12-8-6-4-2-1-3-5-7-9-14-20-16-13-17-21-15-10-11-18-22(20)21/h10-11,13,15-18H,1-9,12,14,19,23H2. The summed E-state index contributed by atoms with van der Waals surface area (Å²) in [6, 6.07) is 15.5. The van der Waals surface area contributed by atoms with Crippen molar-refractivity contribution in [3.63, 3.8) is 0 Å². The van der Waals surface area contributed by atoms with Crippen LogP contribution in [0.4, 0.5) is 0 Å². The first kappa shape index (κ1) is 18.0. The molecule has 2 N–H and O–H groups in total. The SMILES string of the molecule is NCCCCCCCCCCCCc1cccc2ccccc12. The fourth-order valence-corrected chi connectivity index (χ4v) is 3.38. The smallest absolute Gasteiger partial charge is 0.00773 e. The normalized spacial score (nSPS) is 11.2. The lowest BCUT2D eigenvalue weighted by atomic mass is 9.99. The monoisotopic (exact) mass is 311 g/mol. The van der Waals surface area contributed by atoms with Crippen LogP contribution in [-0.2, 0) is 6.42 Å². The van der Waals surface area contributed by atoms with Crippen LogP contribution < -0.4 is 5.73 Å². The Morgan fingerprint density at radius 1 is 0.565 bits per heavy atom. The Morgan fingerprint density at radius 3 is 1.83 bits per heavy atom. The predicted molar refractivity (Wildman–Crippen MR) is 103 cm³/mol. The summed E-state index contributed by atoms with van der Waals surface area (Å²) in [5.74, 6) is 0. The lowest BCUT2D eigenvalue weighted by molar-refractivity contribution is 0.553. The molecule has 0 aliphatic heterocycles. The second-order valence-corrected chi connectivity index (χ2v) is 6.71. The third-order valence-electron chi connectivity index (χ3n) is 4.78. The van der Waals surface area contributed by atoms with Crippen LogP contribution in [0.25, 0.3) is 10.8 Å². The van der Waals surface area contributed by atoms with Gasteiger partial charge in [0.15, 0.2) is 0 Å². The molecule has 0 spiro atoms. The Kier molecular flexibility index (Phi) is 8.80. The van der Waals surface area contributed by atoms with Crippen LogP contribution in [0.2, 0.25) is 0 Å². The van der Waals surface area contributed by atoms with E-state index in [0.717, 1.165) is 6.54 Å². The molecule has 0 heterocycles. The van der Waals surface area contributed by atoms with Crippen LogP contribution in [0.3, 0.4) is 0 Å². The molecule has 0 amide bonds. The predicted octanol–water partition coefficient (Wildman–Crippen LogP) is 6.24. The van der Waals surface area contributed by atoms with Crippen LogP contribution in [0.1, 0.15) is 69.8 Å². The van der Waals surface area contributed by atoms with Gasteiger partial charge in [-0.05, 0) is 42.1 Å². The molecule has 0 atom stereocenters. The topological polar surface area (TPSA) is 26.0 Å². The van der Waals surface area contributed by atoms with E-state index in [4.69, 9.17) is 5.73 Å². The first-order valence-electron chi connectivity index (χ1n) is 9.58. The van der Waals surface area contributed by atoms with Gasteiger partial charge in [-0.3, -0.25) is 0 Å². The lowest BCUT2D eigenvalue weighted by Crippen LogP contribution is -1.97. The number of hydrogen-bond acceptors (Lipinski definition) is 1. The maximum absolute atomic E-state index is 5.51. The minimum atomic E-state index is 0.858. The number of aryl methyl sites for hydroxylation is 1. The third kappa shape index (κ3) is 6.74. The molecule has 0 saturated carbocycles. The zero-order chi connectivity index (χ0) is 16.2. The maximum atomic E-state index is 5.51. The summed E-state index contributed by atoms with van der Waals surface area (Å²) in [5.41, 5.74) is 7.03. The fourth-order valence-electron chi connectivity index (χ4n) is 3.38. The fraction of sp³-hybridized carbons (Fsp3) is 0.545. The van der Waals surface area contributed by atoms with Gasteiger partial charge in [0, 0.05) is 0 Å². The Balaban J connectivity index is 1.54. The van der Waals surface area contributed by atoms with Crippen molar-refractivity contribution in [1.29, 1.82) is 0 Å². The summed E-state index contributed by atoms with van der Waals surface area (Å²) in [6.07, 6.45) is 14.8. The lowest BCUT2D eigenvalue weighted by Gasteiger charge is -2.06. The summed E-state index contributed by atoms with van der Waals surface area (Å²) in [7, 11) is 0. The molecular weight excluding hydrogens is 278 g/mol. The van der Waals surface area contributed by atoms with Gasteiger partial charge in [0.05, 0.1) is 0 Å². The molecule has 0 unspecified atom stereocenters. The number of hydrogen-bond donors (Lipinski definition) is 1. The van der Waals surface area contributed by atoms with E-state index in [2.05, 4.69) is 42.5 Å². The van der Waals surface area contributed by atoms with E-state index in [1.807, 2.05) is 0 Å². The summed E-state index contributed by atoms with van der Waals surface area (Å²) in [6.45, 7) is 0.858. The first-order valence-corrected chi connectivity index (χ1v) is 9.58. The Morgan fingerprint density at radius 2 is 1.13 bits per heavy atom. The van der Waals surface area contributed by atoms with Crippen molar-refractivity contribution in [3.8, 4) is 0 Å². The maximum Gasteiger partial charge on any atom is -0.00773 e. The molecule has 2 rings (SSSR count).